The predicted molar refractivity (Wildman–Crippen MR) is 108 cm³/mol. The Morgan fingerprint density at radius 3 is 2.79 bits per heavy atom. The van der Waals surface area contributed by atoms with Crippen molar-refractivity contribution < 1.29 is 14.8 Å². The number of benzene rings is 1. The van der Waals surface area contributed by atoms with E-state index in [1.807, 2.05) is 24.3 Å². The summed E-state index contributed by atoms with van der Waals surface area (Å²) in [5, 5.41) is 13.4. The number of amides is 2. The molecule has 156 valence electrons. The highest BCUT2D eigenvalue weighted by molar-refractivity contribution is 5.97. The second-order valence-corrected chi connectivity index (χ2v) is 7.96. The van der Waals surface area contributed by atoms with Crippen LogP contribution < -0.4 is 16.2 Å². The highest BCUT2D eigenvalue weighted by Gasteiger charge is 2.38. The summed E-state index contributed by atoms with van der Waals surface area (Å²) in [6, 6.07) is 6.92. The zero-order chi connectivity index (χ0) is 20.2. The van der Waals surface area contributed by atoms with Gasteiger partial charge in [-0.15, -0.1) is 0 Å². The van der Waals surface area contributed by atoms with E-state index in [9.17, 15) is 14.8 Å². The zero-order valence-electron chi connectivity index (χ0n) is 16.4. The summed E-state index contributed by atoms with van der Waals surface area (Å²) in [5.74, 6) is 0.0765. The number of hydrogen-bond donors (Lipinski definition) is 5. The number of carbonyl (C=O) groups excluding carboxylic acids is 2. The van der Waals surface area contributed by atoms with Gasteiger partial charge in [0.15, 0.2) is 0 Å². The lowest BCUT2D eigenvalue weighted by atomic mass is 9.92. The molecule has 4 rings (SSSR count). The number of hydroxylamine groups is 1. The van der Waals surface area contributed by atoms with Crippen molar-refractivity contribution in [3.05, 3.63) is 24.3 Å². The van der Waals surface area contributed by atoms with E-state index in [0.29, 0.717) is 24.8 Å². The van der Waals surface area contributed by atoms with Crippen molar-refractivity contribution in [2.75, 3.05) is 18.4 Å². The highest BCUT2D eigenvalue weighted by atomic mass is 16.5. The number of hydrogen-bond acceptors (Lipinski definition) is 6. The molecule has 5 N–H and O–H groups in total. The van der Waals surface area contributed by atoms with Gasteiger partial charge in [0.25, 0.3) is 5.91 Å². The largest absolute Gasteiger partial charge is 0.324 e. The molecule has 1 saturated carbocycles. The molecule has 2 amide bonds. The van der Waals surface area contributed by atoms with Gasteiger partial charge < -0.3 is 10.2 Å². The van der Waals surface area contributed by atoms with Gasteiger partial charge in [0.2, 0.25) is 11.9 Å². The minimum absolute atomic E-state index is 0.152. The van der Waals surface area contributed by atoms with E-state index >= 15 is 0 Å². The van der Waals surface area contributed by atoms with E-state index in [2.05, 4.69) is 26.2 Å². The van der Waals surface area contributed by atoms with Crippen molar-refractivity contribution in [2.45, 2.75) is 44.6 Å². The third-order valence-corrected chi connectivity index (χ3v) is 5.96. The van der Waals surface area contributed by atoms with Crippen LogP contribution in [0.2, 0.25) is 0 Å². The Hall–Kier alpha value is -2.49. The molecular formula is C20H28N6O3. The fraction of sp³-hybridized carbons (Fsp3) is 0.550. The first-order valence-corrected chi connectivity index (χ1v) is 10.3. The molecule has 2 aliphatic rings. The molecule has 2 aromatic rings. The molecule has 0 bridgehead atoms. The molecule has 1 aliphatic heterocycles. The first-order chi connectivity index (χ1) is 14.2. The third kappa shape index (κ3) is 4.42. The molecule has 1 aromatic heterocycles. The van der Waals surface area contributed by atoms with Crippen molar-refractivity contribution in [3.8, 4) is 0 Å². The maximum absolute atomic E-state index is 13.1. The predicted octanol–water partition coefficient (Wildman–Crippen LogP) is 1.78. The summed E-state index contributed by atoms with van der Waals surface area (Å²) >= 11 is 0. The van der Waals surface area contributed by atoms with Gasteiger partial charge >= 0.3 is 0 Å². The summed E-state index contributed by atoms with van der Waals surface area (Å²) in [7, 11) is 0. The Labute approximate surface area is 169 Å². The average molecular weight is 400 g/mol. The van der Waals surface area contributed by atoms with Crippen LogP contribution in [0.25, 0.3) is 11.0 Å². The SMILES string of the molecule is O=C(Nc1nc2ccccc2[nH]1)C1CCNN1C(=O)C(CNO)CC1CCCC1. The molecule has 0 radical (unpaired) electrons. The van der Waals surface area contributed by atoms with Crippen LogP contribution in [0.3, 0.4) is 0 Å². The lowest BCUT2D eigenvalue weighted by molar-refractivity contribution is -0.144. The van der Waals surface area contributed by atoms with Gasteiger partial charge in [-0.25, -0.2) is 15.9 Å². The van der Waals surface area contributed by atoms with Gasteiger partial charge in [-0.2, -0.15) is 0 Å². The number of rotatable bonds is 7. The molecular weight excluding hydrogens is 372 g/mol. The Balaban J connectivity index is 1.43. The van der Waals surface area contributed by atoms with Crippen LogP contribution >= 0.6 is 0 Å². The molecule has 9 heteroatoms. The van der Waals surface area contributed by atoms with E-state index in [1.165, 1.54) is 17.9 Å². The molecule has 29 heavy (non-hydrogen) atoms. The molecule has 2 heterocycles. The number of nitrogens with zero attached hydrogens (tertiary/aromatic N) is 2. The molecule has 1 aromatic carbocycles. The second-order valence-electron chi connectivity index (χ2n) is 7.96. The number of para-hydroxylation sites is 2. The Morgan fingerprint density at radius 2 is 2.03 bits per heavy atom. The third-order valence-electron chi connectivity index (χ3n) is 5.96. The average Bonchev–Trinajstić information content (AvgIpc) is 3.46. The lowest BCUT2D eigenvalue weighted by Crippen LogP contribution is -2.51. The number of nitrogens with one attached hydrogen (secondary N) is 4. The van der Waals surface area contributed by atoms with Crippen LogP contribution in [0.1, 0.15) is 38.5 Å². The number of aromatic nitrogens is 2. The van der Waals surface area contributed by atoms with Crippen LogP contribution in [0.4, 0.5) is 5.95 Å². The van der Waals surface area contributed by atoms with Crippen LogP contribution in [-0.2, 0) is 9.59 Å². The summed E-state index contributed by atoms with van der Waals surface area (Å²) < 4.78 is 0. The molecule has 0 spiro atoms. The zero-order valence-corrected chi connectivity index (χ0v) is 16.4. The monoisotopic (exact) mass is 400 g/mol. The van der Waals surface area contributed by atoms with E-state index in [1.54, 1.807) is 0 Å². The number of anilines is 1. The van der Waals surface area contributed by atoms with Gasteiger partial charge in [0.1, 0.15) is 6.04 Å². The molecule has 2 fully saturated rings. The number of H-pyrrole nitrogens is 1. The molecule has 9 nitrogen and oxygen atoms in total. The van der Waals surface area contributed by atoms with Crippen LogP contribution in [-0.4, -0.2) is 51.1 Å². The van der Waals surface area contributed by atoms with Gasteiger partial charge in [0.05, 0.1) is 17.0 Å². The first kappa shape index (κ1) is 19.8. The summed E-state index contributed by atoms with van der Waals surface area (Å²) in [6.45, 7) is 0.734. The minimum Gasteiger partial charge on any atom is -0.324 e. The van der Waals surface area contributed by atoms with Crippen LogP contribution in [0, 0.1) is 11.8 Å². The van der Waals surface area contributed by atoms with E-state index < -0.39 is 6.04 Å². The quantitative estimate of drug-likeness (QED) is 0.452. The number of fused-ring (bicyclic) bond motifs is 1. The lowest BCUT2D eigenvalue weighted by Gasteiger charge is -2.28. The fourth-order valence-corrected chi connectivity index (χ4v) is 4.48. The van der Waals surface area contributed by atoms with Gasteiger partial charge in [-0.1, -0.05) is 37.8 Å². The Morgan fingerprint density at radius 1 is 1.24 bits per heavy atom. The second kappa shape index (κ2) is 8.89. The summed E-state index contributed by atoms with van der Waals surface area (Å²) in [6.07, 6.45) is 5.89. The highest BCUT2D eigenvalue weighted by Crippen LogP contribution is 2.31. The van der Waals surface area contributed by atoms with Crippen molar-refractivity contribution >= 4 is 28.8 Å². The molecule has 2 unspecified atom stereocenters. The Kier molecular flexibility index (Phi) is 6.08. The summed E-state index contributed by atoms with van der Waals surface area (Å²) in [4.78, 5) is 33.4. The minimum atomic E-state index is -0.611. The Bertz CT molecular complexity index is 830. The van der Waals surface area contributed by atoms with Crippen molar-refractivity contribution in [1.82, 2.24) is 25.9 Å². The number of hydrazine groups is 1. The first-order valence-electron chi connectivity index (χ1n) is 10.3. The van der Waals surface area contributed by atoms with Gasteiger partial charge in [-0.3, -0.25) is 19.9 Å². The maximum Gasteiger partial charge on any atom is 0.251 e. The van der Waals surface area contributed by atoms with E-state index in [-0.39, 0.29) is 24.3 Å². The molecule has 1 aliphatic carbocycles. The van der Waals surface area contributed by atoms with Crippen LogP contribution in [0.5, 0.6) is 0 Å². The van der Waals surface area contributed by atoms with Gasteiger partial charge in [0, 0.05) is 13.1 Å². The van der Waals surface area contributed by atoms with Crippen molar-refractivity contribution in [3.63, 3.8) is 0 Å². The van der Waals surface area contributed by atoms with E-state index in [4.69, 9.17) is 0 Å². The summed E-state index contributed by atoms with van der Waals surface area (Å²) in [5.41, 5.74) is 6.81. The van der Waals surface area contributed by atoms with Crippen LogP contribution in [0.15, 0.2) is 24.3 Å². The van der Waals surface area contributed by atoms with Crippen molar-refractivity contribution in [1.29, 1.82) is 0 Å². The fourth-order valence-electron chi connectivity index (χ4n) is 4.48. The maximum atomic E-state index is 13.1. The number of aromatic amines is 1. The standard InChI is InChI=1S/C20H28N6O3/c27-18(25-20-23-15-7-3-4-8-16(15)24-20)17-9-10-21-26(17)19(28)14(12-22-29)11-13-5-1-2-6-13/h3-4,7-8,13-14,17,21-22,29H,1-2,5-6,9-12H2,(H2,23,24,25,27). The topological polar surface area (TPSA) is 122 Å². The number of imidazole rings is 1. The smallest absolute Gasteiger partial charge is 0.251 e. The van der Waals surface area contributed by atoms with Crippen molar-refractivity contribution in [2.24, 2.45) is 11.8 Å². The normalized spacial score (nSPS) is 21.0. The van der Waals surface area contributed by atoms with Gasteiger partial charge in [-0.05, 0) is 30.9 Å². The molecule has 2 atom stereocenters. The van der Waals surface area contributed by atoms with E-state index in [0.717, 1.165) is 30.3 Å². The molecule has 1 saturated heterocycles. The number of carbonyl (C=O) groups is 2.